The van der Waals surface area contributed by atoms with Gasteiger partial charge in [0.05, 0.1) is 0 Å². The van der Waals surface area contributed by atoms with Crippen LogP contribution < -0.4 is 0 Å². The number of carbonyl (C=O) groups excluding carboxylic acids is 1. The summed E-state index contributed by atoms with van der Waals surface area (Å²) in [7, 11) is 0. The summed E-state index contributed by atoms with van der Waals surface area (Å²) in [4.78, 5) is 12.3. The fourth-order valence-electron chi connectivity index (χ4n) is 2.91. The molecular formula is C16H22O2. The Kier molecular flexibility index (Phi) is 4.18. The van der Waals surface area contributed by atoms with Crippen LogP contribution >= 0.6 is 0 Å². The topological polar surface area (TPSA) is 37.3 Å². The number of ketones is 1. The van der Waals surface area contributed by atoms with E-state index in [0.29, 0.717) is 5.56 Å². The lowest BCUT2D eigenvalue weighted by molar-refractivity contribution is 0.0534. The van der Waals surface area contributed by atoms with Crippen LogP contribution in [0, 0.1) is 19.8 Å². The number of aryl methyl sites for hydroxylation is 2. The molecule has 1 fully saturated rings. The molecule has 1 aromatic rings. The largest absolute Gasteiger partial charge is 0.385 e. The molecule has 2 rings (SSSR count). The molecule has 0 amide bonds. The first-order valence-electron chi connectivity index (χ1n) is 6.89. The number of benzene rings is 1. The van der Waals surface area contributed by atoms with Crippen LogP contribution in [-0.2, 0) is 0 Å². The van der Waals surface area contributed by atoms with Gasteiger partial charge in [-0.3, -0.25) is 4.79 Å². The van der Waals surface area contributed by atoms with Crippen molar-refractivity contribution in [3.05, 3.63) is 34.9 Å². The third-order valence-electron chi connectivity index (χ3n) is 4.01. The van der Waals surface area contributed by atoms with Crippen molar-refractivity contribution < 1.29 is 9.90 Å². The van der Waals surface area contributed by atoms with Gasteiger partial charge in [0, 0.05) is 5.56 Å². The standard InChI is InChI=1S/C16H22O2/c1-11-8-9-14(12(2)10-11)16(18)15(17)13-6-4-3-5-7-13/h8-10,13,15,17H,3-7H2,1-2H3. The fourth-order valence-corrected chi connectivity index (χ4v) is 2.91. The van der Waals surface area contributed by atoms with E-state index in [0.717, 1.165) is 36.8 Å². The number of aliphatic hydroxyl groups excluding tert-OH is 1. The Hall–Kier alpha value is -1.15. The van der Waals surface area contributed by atoms with E-state index >= 15 is 0 Å². The van der Waals surface area contributed by atoms with Crippen LogP contribution in [0.1, 0.15) is 53.6 Å². The van der Waals surface area contributed by atoms with Gasteiger partial charge in [0.25, 0.3) is 0 Å². The molecule has 1 aromatic carbocycles. The van der Waals surface area contributed by atoms with E-state index in [4.69, 9.17) is 0 Å². The van der Waals surface area contributed by atoms with Crippen LogP contribution in [0.3, 0.4) is 0 Å². The zero-order valence-electron chi connectivity index (χ0n) is 11.3. The summed E-state index contributed by atoms with van der Waals surface area (Å²) >= 11 is 0. The van der Waals surface area contributed by atoms with E-state index in [9.17, 15) is 9.90 Å². The summed E-state index contributed by atoms with van der Waals surface area (Å²) in [5, 5.41) is 10.2. The molecule has 0 spiro atoms. The van der Waals surface area contributed by atoms with E-state index in [2.05, 4.69) is 0 Å². The van der Waals surface area contributed by atoms with Gasteiger partial charge in [-0.2, -0.15) is 0 Å². The molecular weight excluding hydrogens is 224 g/mol. The van der Waals surface area contributed by atoms with Gasteiger partial charge in [0.15, 0.2) is 5.78 Å². The van der Waals surface area contributed by atoms with Crippen molar-refractivity contribution in [3.8, 4) is 0 Å². The highest BCUT2D eigenvalue weighted by Gasteiger charge is 2.28. The second kappa shape index (κ2) is 5.66. The third kappa shape index (κ3) is 2.81. The maximum Gasteiger partial charge on any atom is 0.191 e. The molecule has 0 bridgehead atoms. The normalized spacial score (nSPS) is 18.6. The summed E-state index contributed by atoms with van der Waals surface area (Å²) in [6.45, 7) is 3.95. The molecule has 1 aliphatic carbocycles. The summed E-state index contributed by atoms with van der Waals surface area (Å²) in [6.07, 6.45) is 4.67. The first-order valence-corrected chi connectivity index (χ1v) is 6.89. The number of carbonyl (C=O) groups is 1. The second-order valence-electron chi connectivity index (χ2n) is 5.53. The predicted octanol–water partition coefficient (Wildman–Crippen LogP) is 3.43. The Bertz CT molecular complexity index is 431. The monoisotopic (exact) mass is 246 g/mol. The minimum absolute atomic E-state index is 0.0978. The Morgan fingerprint density at radius 3 is 2.50 bits per heavy atom. The van der Waals surface area contributed by atoms with E-state index in [-0.39, 0.29) is 11.7 Å². The summed E-state index contributed by atoms with van der Waals surface area (Å²) in [5.41, 5.74) is 2.80. The highest BCUT2D eigenvalue weighted by Crippen LogP contribution is 2.28. The molecule has 18 heavy (non-hydrogen) atoms. The lowest BCUT2D eigenvalue weighted by Gasteiger charge is -2.26. The Balaban J connectivity index is 2.14. The Morgan fingerprint density at radius 1 is 1.22 bits per heavy atom. The molecule has 1 unspecified atom stereocenters. The molecule has 0 aliphatic heterocycles. The van der Waals surface area contributed by atoms with Crippen molar-refractivity contribution in [1.82, 2.24) is 0 Å². The van der Waals surface area contributed by atoms with Crippen molar-refractivity contribution in [2.24, 2.45) is 5.92 Å². The number of Topliss-reactive ketones (excluding diaryl/α,β-unsaturated/α-hetero) is 1. The number of aliphatic hydroxyl groups is 1. The van der Waals surface area contributed by atoms with Gasteiger partial charge in [-0.25, -0.2) is 0 Å². The molecule has 0 saturated heterocycles. The predicted molar refractivity (Wildman–Crippen MR) is 72.8 cm³/mol. The average Bonchev–Trinajstić information content (AvgIpc) is 2.38. The van der Waals surface area contributed by atoms with Crippen LogP contribution in [0.15, 0.2) is 18.2 Å². The minimum atomic E-state index is -0.813. The summed E-state index contributed by atoms with van der Waals surface area (Å²) < 4.78 is 0. The number of hydrogen-bond donors (Lipinski definition) is 1. The second-order valence-corrected chi connectivity index (χ2v) is 5.53. The van der Waals surface area contributed by atoms with Crippen LogP contribution in [0.25, 0.3) is 0 Å². The number of rotatable bonds is 3. The van der Waals surface area contributed by atoms with Gasteiger partial charge in [0.2, 0.25) is 0 Å². The molecule has 1 atom stereocenters. The average molecular weight is 246 g/mol. The molecule has 1 saturated carbocycles. The first-order chi connectivity index (χ1) is 8.59. The van der Waals surface area contributed by atoms with Crippen molar-refractivity contribution in [2.45, 2.75) is 52.1 Å². The quantitative estimate of drug-likeness (QED) is 0.830. The van der Waals surface area contributed by atoms with Crippen LogP contribution in [0.5, 0.6) is 0 Å². The van der Waals surface area contributed by atoms with Crippen LogP contribution in [-0.4, -0.2) is 17.0 Å². The molecule has 0 heterocycles. The highest BCUT2D eigenvalue weighted by molar-refractivity contribution is 6.00. The van der Waals surface area contributed by atoms with E-state index in [1.165, 1.54) is 6.42 Å². The smallest absolute Gasteiger partial charge is 0.191 e. The van der Waals surface area contributed by atoms with Gasteiger partial charge in [0.1, 0.15) is 6.10 Å². The van der Waals surface area contributed by atoms with Crippen molar-refractivity contribution in [1.29, 1.82) is 0 Å². The first kappa shape index (κ1) is 13.3. The minimum Gasteiger partial charge on any atom is -0.385 e. The van der Waals surface area contributed by atoms with E-state index in [1.54, 1.807) is 0 Å². The molecule has 1 aliphatic rings. The van der Waals surface area contributed by atoms with Gasteiger partial charge < -0.3 is 5.11 Å². The van der Waals surface area contributed by atoms with E-state index in [1.807, 2.05) is 32.0 Å². The van der Waals surface area contributed by atoms with Gasteiger partial charge in [-0.05, 0) is 38.2 Å². The SMILES string of the molecule is Cc1ccc(C(=O)C(O)C2CCCCC2)c(C)c1. The van der Waals surface area contributed by atoms with Crippen LogP contribution in [0.4, 0.5) is 0 Å². The summed E-state index contributed by atoms with van der Waals surface area (Å²) in [5.74, 6) is 0.0614. The maximum atomic E-state index is 12.3. The molecule has 1 N–H and O–H groups in total. The lowest BCUT2D eigenvalue weighted by Crippen LogP contribution is -2.31. The highest BCUT2D eigenvalue weighted by atomic mass is 16.3. The van der Waals surface area contributed by atoms with Crippen molar-refractivity contribution in [3.63, 3.8) is 0 Å². The lowest BCUT2D eigenvalue weighted by atomic mass is 9.82. The third-order valence-corrected chi connectivity index (χ3v) is 4.01. The fraction of sp³-hybridized carbons (Fsp3) is 0.562. The maximum absolute atomic E-state index is 12.3. The van der Waals surface area contributed by atoms with Crippen LogP contribution in [0.2, 0.25) is 0 Å². The molecule has 0 radical (unpaired) electrons. The van der Waals surface area contributed by atoms with Gasteiger partial charge in [-0.1, -0.05) is 43.0 Å². The molecule has 2 nitrogen and oxygen atoms in total. The Morgan fingerprint density at radius 2 is 1.89 bits per heavy atom. The molecule has 2 heteroatoms. The zero-order valence-corrected chi connectivity index (χ0v) is 11.3. The Labute approximate surface area is 109 Å². The number of hydrogen-bond acceptors (Lipinski definition) is 2. The molecule has 0 aromatic heterocycles. The van der Waals surface area contributed by atoms with Gasteiger partial charge in [-0.15, -0.1) is 0 Å². The zero-order chi connectivity index (χ0) is 13.1. The van der Waals surface area contributed by atoms with Gasteiger partial charge >= 0.3 is 0 Å². The van der Waals surface area contributed by atoms with Crippen molar-refractivity contribution in [2.75, 3.05) is 0 Å². The van der Waals surface area contributed by atoms with Crippen molar-refractivity contribution >= 4 is 5.78 Å². The summed E-state index contributed by atoms with van der Waals surface area (Å²) in [6, 6.07) is 5.79. The van der Waals surface area contributed by atoms with E-state index < -0.39 is 6.10 Å². The molecule has 98 valence electrons.